The van der Waals surface area contributed by atoms with Gasteiger partial charge in [-0.15, -0.1) is 10.2 Å². The Balaban J connectivity index is 1.59. The van der Waals surface area contributed by atoms with Gasteiger partial charge in [-0.1, -0.05) is 18.3 Å². The molecule has 0 bridgehead atoms. The Morgan fingerprint density at radius 3 is 2.61 bits per heavy atom. The molecule has 8 nitrogen and oxygen atoms in total. The summed E-state index contributed by atoms with van der Waals surface area (Å²) in [6, 6.07) is 8.25. The number of anilines is 1. The smallest absolute Gasteiger partial charge is 0.269 e. The van der Waals surface area contributed by atoms with Crippen molar-refractivity contribution in [1.29, 1.82) is 0 Å². The first kappa shape index (κ1) is 18.8. The monoisotopic (exact) mass is 414 g/mol. The number of non-ortho nitro benzene ring substituents is 1. The Morgan fingerprint density at radius 1 is 1.18 bits per heavy atom. The number of rotatable bonds is 6. The van der Waals surface area contributed by atoms with E-state index < -0.39 is 4.92 Å². The van der Waals surface area contributed by atoms with Crippen molar-refractivity contribution >= 4 is 33.9 Å². The van der Waals surface area contributed by atoms with Crippen molar-refractivity contribution in [2.45, 2.75) is 35.6 Å². The second kappa shape index (κ2) is 8.19. The first-order chi connectivity index (χ1) is 13.6. The molecule has 2 aromatic heterocycles. The molecule has 1 aromatic carbocycles. The average molecular weight is 415 g/mol. The highest BCUT2D eigenvalue weighted by Crippen LogP contribution is 2.34. The van der Waals surface area contributed by atoms with Crippen molar-refractivity contribution in [3.05, 3.63) is 46.1 Å². The van der Waals surface area contributed by atoms with Crippen LogP contribution in [0.2, 0.25) is 0 Å². The summed E-state index contributed by atoms with van der Waals surface area (Å²) in [6.07, 6.45) is 3.17. The maximum Gasteiger partial charge on any atom is 0.269 e. The summed E-state index contributed by atoms with van der Waals surface area (Å²) in [5, 5.41) is 21.2. The van der Waals surface area contributed by atoms with Gasteiger partial charge in [0, 0.05) is 36.5 Å². The zero-order valence-electron chi connectivity index (χ0n) is 15.2. The summed E-state index contributed by atoms with van der Waals surface area (Å²) >= 11 is 3.05. The van der Waals surface area contributed by atoms with Crippen molar-refractivity contribution in [2.75, 3.05) is 18.0 Å². The molecule has 3 aromatic rings. The molecule has 0 amide bonds. The Labute approximate surface area is 170 Å². The van der Waals surface area contributed by atoms with E-state index in [0.717, 1.165) is 45.3 Å². The molecule has 0 aliphatic carbocycles. The third-order valence-electron chi connectivity index (χ3n) is 4.42. The van der Waals surface area contributed by atoms with E-state index in [4.69, 9.17) is 0 Å². The van der Waals surface area contributed by atoms with Crippen molar-refractivity contribution in [1.82, 2.24) is 20.2 Å². The van der Waals surface area contributed by atoms with Gasteiger partial charge in [-0.25, -0.2) is 9.97 Å². The number of benzene rings is 1. The molecule has 3 heterocycles. The number of nitrogens with zero attached hydrogens (tertiary/aromatic N) is 6. The second-order valence-electron chi connectivity index (χ2n) is 6.33. The molecule has 0 N–H and O–H groups in total. The number of nitro benzene ring substituents is 1. The van der Waals surface area contributed by atoms with Crippen molar-refractivity contribution < 1.29 is 4.92 Å². The molecule has 0 atom stereocenters. The fourth-order valence-electron chi connectivity index (χ4n) is 2.94. The van der Waals surface area contributed by atoms with Crippen LogP contribution in [-0.2, 0) is 6.42 Å². The van der Waals surface area contributed by atoms with Gasteiger partial charge in [0.25, 0.3) is 5.69 Å². The largest absolute Gasteiger partial charge is 0.347 e. The number of nitro groups is 1. The number of aromatic nitrogens is 4. The number of aryl methyl sites for hydroxylation is 1. The van der Waals surface area contributed by atoms with Gasteiger partial charge in [0.15, 0.2) is 10.2 Å². The van der Waals surface area contributed by atoms with Crippen LogP contribution in [0.15, 0.2) is 39.7 Å². The maximum atomic E-state index is 10.9. The van der Waals surface area contributed by atoms with Crippen LogP contribution in [0.4, 0.5) is 10.8 Å². The molecule has 0 spiro atoms. The lowest BCUT2D eigenvalue weighted by atomic mass is 10.2. The Morgan fingerprint density at radius 2 is 1.93 bits per heavy atom. The lowest BCUT2D eigenvalue weighted by Gasteiger charge is -2.10. The van der Waals surface area contributed by atoms with Crippen LogP contribution in [0.25, 0.3) is 11.4 Å². The summed E-state index contributed by atoms with van der Waals surface area (Å²) in [5.74, 6) is 0.557. The minimum absolute atomic E-state index is 0.0493. The summed E-state index contributed by atoms with van der Waals surface area (Å²) < 4.78 is 0.845. The van der Waals surface area contributed by atoms with Crippen LogP contribution in [0.5, 0.6) is 0 Å². The minimum atomic E-state index is -0.415. The van der Waals surface area contributed by atoms with E-state index in [2.05, 4.69) is 25.1 Å². The summed E-state index contributed by atoms with van der Waals surface area (Å²) in [4.78, 5) is 21.9. The predicted molar refractivity (Wildman–Crippen MR) is 109 cm³/mol. The summed E-state index contributed by atoms with van der Waals surface area (Å²) in [5.41, 5.74) is 1.71. The highest BCUT2D eigenvalue weighted by atomic mass is 32.2. The van der Waals surface area contributed by atoms with Gasteiger partial charge >= 0.3 is 0 Å². The maximum absolute atomic E-state index is 10.9. The Kier molecular flexibility index (Phi) is 5.49. The number of hydrogen-bond donors (Lipinski definition) is 0. The summed E-state index contributed by atoms with van der Waals surface area (Å²) in [7, 11) is 0. The van der Waals surface area contributed by atoms with E-state index in [1.54, 1.807) is 23.5 Å². The lowest BCUT2D eigenvalue weighted by molar-refractivity contribution is -0.384. The standard InChI is InChI=1S/C18H18N6O2S2/c1-2-13-11-15(27-18-22-21-17(28-18)23-9-3-4-10-23)20-16(19-13)12-5-7-14(8-6-12)24(25)26/h5-8,11H,2-4,9-10H2,1H3. The van der Waals surface area contributed by atoms with E-state index in [-0.39, 0.29) is 5.69 Å². The molecule has 1 saturated heterocycles. The molecular weight excluding hydrogens is 396 g/mol. The van der Waals surface area contributed by atoms with E-state index in [1.807, 2.05) is 13.0 Å². The van der Waals surface area contributed by atoms with Gasteiger partial charge in [0.1, 0.15) is 5.03 Å². The molecule has 10 heteroatoms. The third kappa shape index (κ3) is 4.12. The molecule has 1 aliphatic rings. The molecule has 4 rings (SSSR count). The van der Waals surface area contributed by atoms with Gasteiger partial charge in [0.05, 0.1) is 4.92 Å². The Bertz CT molecular complexity index is 986. The van der Waals surface area contributed by atoms with Crippen LogP contribution >= 0.6 is 23.1 Å². The fraction of sp³-hybridized carbons (Fsp3) is 0.333. The zero-order valence-corrected chi connectivity index (χ0v) is 16.9. The van der Waals surface area contributed by atoms with Gasteiger partial charge in [-0.3, -0.25) is 10.1 Å². The summed E-state index contributed by atoms with van der Waals surface area (Å²) in [6.45, 7) is 4.11. The van der Waals surface area contributed by atoms with Crippen molar-refractivity contribution in [2.24, 2.45) is 0 Å². The van der Waals surface area contributed by atoms with Crippen LogP contribution in [-0.4, -0.2) is 38.2 Å². The van der Waals surface area contributed by atoms with Gasteiger partial charge in [-0.05, 0) is 49.2 Å². The molecule has 144 valence electrons. The normalized spacial score (nSPS) is 13.8. The molecule has 1 fully saturated rings. The SMILES string of the molecule is CCc1cc(Sc2nnc(N3CCCC3)s2)nc(-c2ccc([N+](=O)[O-])cc2)n1. The van der Waals surface area contributed by atoms with Crippen LogP contribution < -0.4 is 4.90 Å². The molecule has 0 radical (unpaired) electrons. The molecule has 0 unspecified atom stereocenters. The minimum Gasteiger partial charge on any atom is -0.347 e. The van der Waals surface area contributed by atoms with Gasteiger partial charge in [0.2, 0.25) is 5.13 Å². The third-order valence-corrected chi connectivity index (χ3v) is 6.37. The Hall–Kier alpha value is -2.59. The van der Waals surface area contributed by atoms with Gasteiger partial charge < -0.3 is 4.90 Å². The zero-order chi connectivity index (χ0) is 19.5. The van der Waals surface area contributed by atoms with Crippen LogP contribution in [0.1, 0.15) is 25.5 Å². The van der Waals surface area contributed by atoms with E-state index in [9.17, 15) is 10.1 Å². The topological polar surface area (TPSA) is 97.9 Å². The van der Waals surface area contributed by atoms with Crippen LogP contribution in [0, 0.1) is 10.1 Å². The highest BCUT2D eigenvalue weighted by Gasteiger charge is 2.18. The molecule has 0 saturated carbocycles. The first-order valence-corrected chi connectivity index (χ1v) is 10.6. The van der Waals surface area contributed by atoms with E-state index in [1.165, 1.54) is 36.7 Å². The van der Waals surface area contributed by atoms with Crippen molar-refractivity contribution in [3.8, 4) is 11.4 Å². The molecule has 1 aliphatic heterocycles. The quantitative estimate of drug-likeness (QED) is 0.336. The highest BCUT2D eigenvalue weighted by molar-refractivity contribution is 8.01. The van der Waals surface area contributed by atoms with E-state index in [0.29, 0.717) is 5.82 Å². The predicted octanol–water partition coefficient (Wildman–Crippen LogP) is 4.22. The molecular formula is C18H18N6O2S2. The van der Waals surface area contributed by atoms with Crippen LogP contribution in [0.3, 0.4) is 0 Å². The van der Waals surface area contributed by atoms with Gasteiger partial charge in [-0.2, -0.15) is 0 Å². The van der Waals surface area contributed by atoms with E-state index >= 15 is 0 Å². The number of hydrogen-bond acceptors (Lipinski definition) is 9. The second-order valence-corrected chi connectivity index (χ2v) is 8.55. The lowest BCUT2D eigenvalue weighted by Crippen LogP contribution is -2.17. The van der Waals surface area contributed by atoms with Crippen molar-refractivity contribution in [3.63, 3.8) is 0 Å². The fourth-order valence-corrected chi connectivity index (χ4v) is 4.80. The average Bonchev–Trinajstić information content (AvgIpc) is 3.39. The molecule has 28 heavy (non-hydrogen) atoms. The first-order valence-electron chi connectivity index (χ1n) is 9.01.